The van der Waals surface area contributed by atoms with E-state index in [1.54, 1.807) is 0 Å². The predicted octanol–water partition coefficient (Wildman–Crippen LogP) is 3.66. The van der Waals surface area contributed by atoms with Crippen molar-refractivity contribution in [2.45, 2.75) is 12.7 Å². The van der Waals surface area contributed by atoms with Crippen molar-refractivity contribution in [1.82, 2.24) is 0 Å². The van der Waals surface area contributed by atoms with Gasteiger partial charge in [-0.25, -0.2) is 0 Å². The van der Waals surface area contributed by atoms with E-state index in [1.165, 1.54) is 18.2 Å². The van der Waals surface area contributed by atoms with Gasteiger partial charge in [0.2, 0.25) is 0 Å². The zero-order chi connectivity index (χ0) is 15.6. The average Bonchev–Trinajstić information content (AvgIpc) is 2.88. The van der Waals surface area contributed by atoms with Crippen molar-refractivity contribution < 1.29 is 22.4 Å². The van der Waals surface area contributed by atoms with Crippen molar-refractivity contribution in [3.05, 3.63) is 52.4 Å². The van der Waals surface area contributed by atoms with Gasteiger partial charge in [0.05, 0.1) is 17.8 Å². The molecule has 0 atom stereocenters. The first-order chi connectivity index (χ1) is 9.81. The van der Waals surface area contributed by atoms with Crippen LogP contribution in [0.15, 0.2) is 34.7 Å². The van der Waals surface area contributed by atoms with Crippen LogP contribution in [0.4, 0.5) is 18.9 Å². The Balaban J connectivity index is 2.29. The Hall–Kier alpha value is -1.99. The molecule has 0 saturated carbocycles. The number of anilines is 1. The van der Waals surface area contributed by atoms with Crippen LogP contribution in [0.3, 0.4) is 0 Å². The van der Waals surface area contributed by atoms with Crippen LogP contribution in [-0.4, -0.2) is 5.91 Å². The van der Waals surface area contributed by atoms with Crippen LogP contribution < -0.4 is 11.1 Å². The molecule has 0 unspecified atom stereocenters. The summed E-state index contributed by atoms with van der Waals surface area (Å²) in [7, 11) is 0. The zero-order valence-electron chi connectivity index (χ0n) is 10.5. The number of carbonyl (C=O) groups excluding carboxylic acids is 1. The number of benzene rings is 1. The minimum atomic E-state index is -4.64. The van der Waals surface area contributed by atoms with Crippen LogP contribution in [-0.2, 0) is 12.7 Å². The highest BCUT2D eigenvalue weighted by Gasteiger charge is 2.34. The molecule has 3 N–H and O–H groups in total. The summed E-state index contributed by atoms with van der Waals surface area (Å²) in [6.07, 6.45) is -4.64. The van der Waals surface area contributed by atoms with Crippen molar-refractivity contribution in [3.8, 4) is 0 Å². The quantitative estimate of drug-likeness (QED) is 0.907. The number of alkyl halides is 3. The van der Waals surface area contributed by atoms with Gasteiger partial charge < -0.3 is 15.5 Å². The van der Waals surface area contributed by atoms with Crippen LogP contribution >= 0.6 is 11.6 Å². The van der Waals surface area contributed by atoms with Gasteiger partial charge in [-0.05, 0) is 30.3 Å². The molecule has 0 aliphatic heterocycles. The molecule has 0 aliphatic carbocycles. The van der Waals surface area contributed by atoms with Crippen LogP contribution in [0.1, 0.15) is 21.9 Å². The minimum absolute atomic E-state index is 0.0799. The van der Waals surface area contributed by atoms with Gasteiger partial charge in [-0.1, -0.05) is 11.6 Å². The Morgan fingerprint density at radius 2 is 2.00 bits per heavy atom. The van der Waals surface area contributed by atoms with E-state index in [4.69, 9.17) is 21.8 Å². The van der Waals surface area contributed by atoms with Gasteiger partial charge in [0.25, 0.3) is 5.91 Å². The van der Waals surface area contributed by atoms with Crippen LogP contribution in [0.2, 0.25) is 5.02 Å². The molecular weight excluding hydrogens is 309 g/mol. The SMILES string of the molecule is NCc1ccc(C(=O)Nc2ccc(Cl)cc2C(F)(F)F)o1. The maximum absolute atomic E-state index is 12.9. The van der Waals surface area contributed by atoms with E-state index in [2.05, 4.69) is 5.32 Å². The number of nitrogens with one attached hydrogen (secondary N) is 1. The normalized spacial score (nSPS) is 11.5. The molecular formula is C13H10ClF3N2O2. The highest BCUT2D eigenvalue weighted by Crippen LogP contribution is 2.36. The number of amides is 1. The topological polar surface area (TPSA) is 68.3 Å². The molecule has 4 nitrogen and oxygen atoms in total. The monoisotopic (exact) mass is 318 g/mol. The van der Waals surface area contributed by atoms with Crippen molar-refractivity contribution in [1.29, 1.82) is 0 Å². The lowest BCUT2D eigenvalue weighted by molar-refractivity contribution is -0.136. The third-order valence-electron chi connectivity index (χ3n) is 2.62. The van der Waals surface area contributed by atoms with Crippen LogP contribution in [0.5, 0.6) is 0 Å². The molecule has 112 valence electrons. The van der Waals surface area contributed by atoms with E-state index in [9.17, 15) is 18.0 Å². The molecule has 8 heteroatoms. The molecule has 0 saturated heterocycles. The number of rotatable bonds is 3. The largest absolute Gasteiger partial charge is 0.455 e. The van der Waals surface area contributed by atoms with E-state index in [-0.39, 0.29) is 17.3 Å². The second kappa shape index (κ2) is 5.79. The highest BCUT2D eigenvalue weighted by molar-refractivity contribution is 6.30. The summed E-state index contributed by atoms with van der Waals surface area (Å²) in [4.78, 5) is 11.9. The van der Waals surface area contributed by atoms with E-state index in [0.29, 0.717) is 5.76 Å². The van der Waals surface area contributed by atoms with E-state index in [1.807, 2.05) is 0 Å². The second-order valence-corrected chi connectivity index (χ2v) is 4.55. The molecule has 21 heavy (non-hydrogen) atoms. The maximum atomic E-state index is 12.9. The lowest BCUT2D eigenvalue weighted by Crippen LogP contribution is -2.16. The van der Waals surface area contributed by atoms with E-state index < -0.39 is 23.3 Å². The van der Waals surface area contributed by atoms with Gasteiger partial charge in [-0.2, -0.15) is 13.2 Å². The molecule has 0 bridgehead atoms. The van der Waals surface area contributed by atoms with Crippen molar-refractivity contribution >= 4 is 23.2 Å². The van der Waals surface area contributed by atoms with E-state index >= 15 is 0 Å². The van der Waals surface area contributed by atoms with Gasteiger partial charge in [0.1, 0.15) is 5.76 Å². The molecule has 0 spiro atoms. The summed E-state index contributed by atoms with van der Waals surface area (Å²) < 4.78 is 43.7. The fourth-order valence-electron chi connectivity index (χ4n) is 1.65. The molecule has 2 aromatic rings. The minimum Gasteiger partial charge on any atom is -0.455 e. The third-order valence-corrected chi connectivity index (χ3v) is 2.86. The first-order valence-corrected chi connectivity index (χ1v) is 6.16. The summed E-state index contributed by atoms with van der Waals surface area (Å²) in [5.74, 6) is -0.576. The van der Waals surface area contributed by atoms with Gasteiger partial charge >= 0.3 is 6.18 Å². The summed E-state index contributed by atoms with van der Waals surface area (Å²) in [6, 6.07) is 5.88. The van der Waals surface area contributed by atoms with Crippen LogP contribution in [0, 0.1) is 0 Å². The number of hydrogen-bond donors (Lipinski definition) is 2. The molecule has 0 radical (unpaired) electrons. The molecule has 1 heterocycles. The Bertz CT molecular complexity index is 668. The van der Waals surface area contributed by atoms with Gasteiger partial charge in [0, 0.05) is 5.02 Å². The third kappa shape index (κ3) is 3.56. The Morgan fingerprint density at radius 1 is 1.29 bits per heavy atom. The number of furan rings is 1. The average molecular weight is 319 g/mol. The second-order valence-electron chi connectivity index (χ2n) is 4.11. The number of carbonyl (C=O) groups is 1. The van der Waals surface area contributed by atoms with Gasteiger partial charge in [-0.15, -0.1) is 0 Å². The summed E-state index contributed by atoms with van der Waals surface area (Å²) in [5.41, 5.74) is 3.89. The smallest absolute Gasteiger partial charge is 0.418 e. The van der Waals surface area contributed by atoms with Crippen LogP contribution in [0.25, 0.3) is 0 Å². The standard InChI is InChI=1S/C13H10ClF3N2O2/c14-7-1-3-10(9(5-7)13(15,16)17)19-12(20)11-4-2-8(6-18)21-11/h1-5H,6,18H2,(H,19,20). The fourth-order valence-corrected chi connectivity index (χ4v) is 1.83. The summed E-state index contributed by atoms with van der Waals surface area (Å²) in [5, 5.41) is 2.07. The molecule has 1 aromatic heterocycles. The highest BCUT2D eigenvalue weighted by atomic mass is 35.5. The van der Waals surface area contributed by atoms with Gasteiger partial charge in [0.15, 0.2) is 5.76 Å². The molecule has 1 amide bonds. The molecule has 0 aliphatic rings. The summed E-state index contributed by atoms with van der Waals surface area (Å²) >= 11 is 5.55. The van der Waals surface area contributed by atoms with Crippen molar-refractivity contribution in [3.63, 3.8) is 0 Å². The van der Waals surface area contributed by atoms with Gasteiger partial charge in [-0.3, -0.25) is 4.79 Å². The Labute approximate surface area is 122 Å². The van der Waals surface area contributed by atoms with E-state index in [0.717, 1.165) is 12.1 Å². The molecule has 2 rings (SSSR count). The van der Waals surface area contributed by atoms with Crippen molar-refractivity contribution in [2.24, 2.45) is 5.73 Å². The lowest BCUT2D eigenvalue weighted by atomic mass is 10.1. The maximum Gasteiger partial charge on any atom is 0.418 e. The predicted molar refractivity (Wildman–Crippen MR) is 71.0 cm³/mol. The Morgan fingerprint density at radius 3 is 2.57 bits per heavy atom. The number of hydrogen-bond acceptors (Lipinski definition) is 3. The fraction of sp³-hybridized carbons (Fsp3) is 0.154. The zero-order valence-corrected chi connectivity index (χ0v) is 11.3. The number of halogens is 4. The first-order valence-electron chi connectivity index (χ1n) is 5.78. The summed E-state index contributed by atoms with van der Waals surface area (Å²) in [6.45, 7) is 0.0853. The molecule has 0 fully saturated rings. The first kappa shape index (κ1) is 15.4. The lowest BCUT2D eigenvalue weighted by Gasteiger charge is -2.13. The molecule has 1 aromatic carbocycles. The number of nitrogens with two attached hydrogens (primary N) is 1. The Kier molecular flexibility index (Phi) is 4.24. The van der Waals surface area contributed by atoms with Crippen molar-refractivity contribution in [2.75, 3.05) is 5.32 Å².